The summed E-state index contributed by atoms with van der Waals surface area (Å²) in [6, 6.07) is 5.31. The van der Waals surface area contributed by atoms with E-state index in [1.807, 2.05) is 6.07 Å². The molecule has 1 aliphatic carbocycles. The van der Waals surface area contributed by atoms with Crippen LogP contribution >= 0.6 is 12.4 Å². The molecule has 0 spiro atoms. The molecule has 0 saturated carbocycles. The molecule has 82 valence electrons. The van der Waals surface area contributed by atoms with Gasteiger partial charge in [-0.2, -0.15) is 0 Å². The molecule has 0 fully saturated rings. The van der Waals surface area contributed by atoms with Gasteiger partial charge in [0.1, 0.15) is 0 Å². The highest BCUT2D eigenvalue weighted by atomic mass is 35.5. The Bertz CT molecular complexity index is 379. The summed E-state index contributed by atoms with van der Waals surface area (Å²) in [7, 11) is 0. The highest BCUT2D eigenvalue weighted by Gasteiger charge is 2.17. The second-order valence-electron chi connectivity index (χ2n) is 3.72. The zero-order valence-corrected chi connectivity index (χ0v) is 9.09. The Hall–Kier alpha value is -1.06. The number of benzene rings is 1. The lowest BCUT2D eigenvalue weighted by molar-refractivity contribution is 0.0696. The number of hydrogen-bond donors (Lipinski definition) is 2. The molecule has 1 aromatic rings. The molecule has 3 N–H and O–H groups in total. The highest BCUT2D eigenvalue weighted by molar-refractivity contribution is 5.88. The van der Waals surface area contributed by atoms with E-state index in [4.69, 9.17) is 10.8 Å². The van der Waals surface area contributed by atoms with E-state index in [9.17, 15) is 4.79 Å². The lowest BCUT2D eigenvalue weighted by Crippen LogP contribution is -2.17. The lowest BCUT2D eigenvalue weighted by Gasteiger charge is -2.22. The normalized spacial score (nSPS) is 18.9. The molecule has 1 unspecified atom stereocenters. The smallest absolute Gasteiger partial charge is 0.335 e. The molecule has 2 rings (SSSR count). The van der Waals surface area contributed by atoms with Crippen molar-refractivity contribution in [3.63, 3.8) is 0 Å². The number of fused-ring (bicyclic) bond motifs is 1. The molecule has 4 heteroatoms. The van der Waals surface area contributed by atoms with E-state index in [0.29, 0.717) is 5.56 Å². The van der Waals surface area contributed by atoms with Crippen LogP contribution in [0.5, 0.6) is 0 Å². The van der Waals surface area contributed by atoms with Gasteiger partial charge in [-0.25, -0.2) is 4.79 Å². The summed E-state index contributed by atoms with van der Waals surface area (Å²) in [5, 5.41) is 8.82. The van der Waals surface area contributed by atoms with E-state index in [0.717, 1.165) is 30.4 Å². The summed E-state index contributed by atoms with van der Waals surface area (Å²) in [4.78, 5) is 10.7. The highest BCUT2D eigenvalue weighted by Crippen LogP contribution is 2.28. The molecule has 1 aromatic carbocycles. The molecule has 0 heterocycles. The first-order valence-electron chi connectivity index (χ1n) is 4.80. The fraction of sp³-hybridized carbons (Fsp3) is 0.364. The summed E-state index contributed by atoms with van der Waals surface area (Å²) >= 11 is 0. The topological polar surface area (TPSA) is 63.3 Å². The largest absolute Gasteiger partial charge is 0.478 e. The van der Waals surface area contributed by atoms with Gasteiger partial charge in [-0.15, -0.1) is 12.4 Å². The van der Waals surface area contributed by atoms with Gasteiger partial charge < -0.3 is 10.8 Å². The quantitative estimate of drug-likeness (QED) is 0.773. The number of carboxylic acid groups (broad SMARTS) is 1. The Balaban J connectivity index is 0.00000112. The Kier molecular flexibility index (Phi) is 3.72. The maximum atomic E-state index is 10.7. The van der Waals surface area contributed by atoms with E-state index in [1.165, 1.54) is 0 Å². The summed E-state index contributed by atoms with van der Waals surface area (Å²) in [6.45, 7) is 0. The molecular formula is C11H14ClNO2. The van der Waals surface area contributed by atoms with Crippen molar-refractivity contribution in [2.24, 2.45) is 5.73 Å². The van der Waals surface area contributed by atoms with Crippen LogP contribution in [0.1, 0.15) is 40.4 Å². The van der Waals surface area contributed by atoms with E-state index >= 15 is 0 Å². The standard InChI is InChI=1S/C11H13NO2.ClH/c12-10-3-1-2-7-6-8(11(13)14)4-5-9(7)10;/h4-6,10H,1-3,12H2,(H,13,14);1H. The van der Waals surface area contributed by atoms with Gasteiger partial charge in [-0.05, 0) is 42.5 Å². The van der Waals surface area contributed by atoms with Gasteiger partial charge in [0.15, 0.2) is 0 Å². The Morgan fingerprint density at radius 2 is 2.20 bits per heavy atom. The van der Waals surface area contributed by atoms with Gasteiger partial charge in [0.2, 0.25) is 0 Å². The number of carbonyl (C=O) groups is 1. The van der Waals surface area contributed by atoms with E-state index in [2.05, 4.69) is 0 Å². The predicted octanol–water partition coefficient (Wildman–Crippen LogP) is 2.14. The SMILES string of the molecule is Cl.NC1CCCc2cc(C(=O)O)ccc21. The van der Waals surface area contributed by atoms with Gasteiger partial charge in [0.05, 0.1) is 5.56 Å². The monoisotopic (exact) mass is 227 g/mol. The second-order valence-corrected chi connectivity index (χ2v) is 3.72. The van der Waals surface area contributed by atoms with Crippen LogP contribution in [-0.4, -0.2) is 11.1 Å². The zero-order valence-electron chi connectivity index (χ0n) is 8.27. The van der Waals surface area contributed by atoms with Crippen molar-refractivity contribution in [3.8, 4) is 0 Å². The van der Waals surface area contributed by atoms with Crippen LogP contribution in [0.25, 0.3) is 0 Å². The summed E-state index contributed by atoms with van der Waals surface area (Å²) < 4.78 is 0. The first-order chi connectivity index (χ1) is 6.68. The fourth-order valence-electron chi connectivity index (χ4n) is 1.98. The molecule has 0 aromatic heterocycles. The third-order valence-corrected chi connectivity index (χ3v) is 2.75. The molecule has 0 bridgehead atoms. The summed E-state index contributed by atoms with van der Waals surface area (Å²) in [5.41, 5.74) is 8.50. The van der Waals surface area contributed by atoms with Crippen LogP contribution in [0.15, 0.2) is 18.2 Å². The Morgan fingerprint density at radius 1 is 1.47 bits per heavy atom. The number of rotatable bonds is 1. The van der Waals surface area contributed by atoms with Crippen molar-refractivity contribution >= 4 is 18.4 Å². The summed E-state index contributed by atoms with van der Waals surface area (Å²) in [6.07, 6.45) is 3.00. The third kappa shape index (κ3) is 2.30. The number of aromatic carboxylic acids is 1. The van der Waals surface area contributed by atoms with Crippen molar-refractivity contribution < 1.29 is 9.90 Å². The molecule has 1 atom stereocenters. The Morgan fingerprint density at radius 3 is 2.87 bits per heavy atom. The minimum atomic E-state index is -0.869. The van der Waals surface area contributed by atoms with Crippen LogP contribution in [0.4, 0.5) is 0 Å². The number of hydrogen-bond acceptors (Lipinski definition) is 2. The van der Waals surface area contributed by atoms with Crippen LogP contribution in [0.3, 0.4) is 0 Å². The van der Waals surface area contributed by atoms with Crippen LogP contribution in [0, 0.1) is 0 Å². The van der Waals surface area contributed by atoms with Crippen molar-refractivity contribution in [2.45, 2.75) is 25.3 Å². The van der Waals surface area contributed by atoms with Crippen molar-refractivity contribution in [1.29, 1.82) is 0 Å². The van der Waals surface area contributed by atoms with Crippen LogP contribution < -0.4 is 5.73 Å². The molecule has 0 aliphatic heterocycles. The predicted molar refractivity (Wildman–Crippen MR) is 60.5 cm³/mol. The van der Waals surface area contributed by atoms with Gasteiger partial charge in [-0.3, -0.25) is 0 Å². The zero-order chi connectivity index (χ0) is 10.1. The average Bonchev–Trinajstić information content (AvgIpc) is 2.17. The summed E-state index contributed by atoms with van der Waals surface area (Å²) in [5.74, 6) is -0.869. The van der Waals surface area contributed by atoms with Gasteiger partial charge >= 0.3 is 5.97 Å². The van der Waals surface area contributed by atoms with E-state index in [-0.39, 0.29) is 18.4 Å². The lowest BCUT2D eigenvalue weighted by atomic mass is 9.87. The number of nitrogens with two attached hydrogens (primary N) is 1. The third-order valence-electron chi connectivity index (χ3n) is 2.75. The van der Waals surface area contributed by atoms with Crippen molar-refractivity contribution in [3.05, 3.63) is 34.9 Å². The first kappa shape index (κ1) is 12.0. The second kappa shape index (κ2) is 4.64. The number of carboxylic acids is 1. The van der Waals surface area contributed by atoms with Gasteiger partial charge in [0, 0.05) is 6.04 Å². The van der Waals surface area contributed by atoms with Gasteiger partial charge in [-0.1, -0.05) is 6.07 Å². The van der Waals surface area contributed by atoms with Crippen molar-refractivity contribution in [1.82, 2.24) is 0 Å². The number of aryl methyl sites for hydroxylation is 1. The number of halogens is 1. The first-order valence-corrected chi connectivity index (χ1v) is 4.80. The van der Waals surface area contributed by atoms with E-state index in [1.54, 1.807) is 12.1 Å². The minimum absolute atomic E-state index is 0. The molecule has 3 nitrogen and oxygen atoms in total. The molecule has 0 amide bonds. The maximum Gasteiger partial charge on any atom is 0.335 e. The molecule has 15 heavy (non-hydrogen) atoms. The maximum absolute atomic E-state index is 10.7. The molecular weight excluding hydrogens is 214 g/mol. The van der Waals surface area contributed by atoms with Gasteiger partial charge in [0.25, 0.3) is 0 Å². The molecule has 1 aliphatic rings. The van der Waals surface area contributed by atoms with E-state index < -0.39 is 5.97 Å². The Labute approximate surface area is 94.7 Å². The van der Waals surface area contributed by atoms with Crippen LogP contribution in [-0.2, 0) is 6.42 Å². The average molecular weight is 228 g/mol. The fourth-order valence-corrected chi connectivity index (χ4v) is 1.98. The molecule has 0 radical (unpaired) electrons. The van der Waals surface area contributed by atoms with Crippen molar-refractivity contribution in [2.75, 3.05) is 0 Å². The molecule has 0 saturated heterocycles. The van der Waals surface area contributed by atoms with Crippen LogP contribution in [0.2, 0.25) is 0 Å². The minimum Gasteiger partial charge on any atom is -0.478 e.